The maximum atomic E-state index is 6.03. The van der Waals surface area contributed by atoms with Crippen molar-refractivity contribution in [1.82, 2.24) is 19.5 Å². The van der Waals surface area contributed by atoms with E-state index in [1.165, 1.54) is 6.33 Å². The molecule has 5 nitrogen and oxygen atoms in total. The second-order valence-corrected chi connectivity index (χ2v) is 6.01. The standard InChI is InChI=1S/C13H9Cl2IN4O/c1-21-13-11-12(17-6-18-13)20(10(5-14)19-11)9-3-2-7(15)4-8(9)16/h2-4,6H,5H2,1H3. The molecule has 0 unspecified atom stereocenters. The SMILES string of the molecule is COc1ncnc2c1nc(CCl)n2-c1ccc(Cl)cc1I. The first-order valence-corrected chi connectivity index (χ1v) is 7.92. The van der Waals surface area contributed by atoms with Gasteiger partial charge in [0, 0.05) is 8.59 Å². The fourth-order valence-electron chi connectivity index (χ4n) is 2.07. The third kappa shape index (κ3) is 2.56. The Hall–Kier alpha value is -1.12. The summed E-state index contributed by atoms with van der Waals surface area (Å²) in [5.41, 5.74) is 2.15. The van der Waals surface area contributed by atoms with Gasteiger partial charge < -0.3 is 4.74 Å². The molecule has 0 radical (unpaired) electrons. The van der Waals surface area contributed by atoms with Crippen molar-refractivity contribution in [1.29, 1.82) is 0 Å². The average Bonchev–Trinajstić information content (AvgIpc) is 2.85. The van der Waals surface area contributed by atoms with Gasteiger partial charge in [-0.05, 0) is 40.8 Å². The minimum atomic E-state index is 0.248. The lowest BCUT2D eigenvalue weighted by Crippen LogP contribution is -2.02. The van der Waals surface area contributed by atoms with Gasteiger partial charge in [0.05, 0.1) is 18.7 Å². The van der Waals surface area contributed by atoms with Gasteiger partial charge >= 0.3 is 0 Å². The molecule has 0 amide bonds. The van der Waals surface area contributed by atoms with Crippen LogP contribution in [-0.4, -0.2) is 26.6 Å². The van der Waals surface area contributed by atoms with Gasteiger partial charge in [0.1, 0.15) is 12.2 Å². The number of imidazole rings is 1. The molecule has 108 valence electrons. The Morgan fingerprint density at radius 1 is 1.33 bits per heavy atom. The number of rotatable bonds is 3. The van der Waals surface area contributed by atoms with Crippen LogP contribution in [0.15, 0.2) is 24.5 Å². The van der Waals surface area contributed by atoms with Crippen molar-refractivity contribution in [2.45, 2.75) is 5.88 Å². The zero-order chi connectivity index (χ0) is 15.0. The normalized spacial score (nSPS) is 11.0. The minimum Gasteiger partial charge on any atom is -0.479 e. The molecule has 8 heteroatoms. The van der Waals surface area contributed by atoms with Gasteiger partial charge in [-0.2, -0.15) is 4.98 Å². The van der Waals surface area contributed by atoms with Gasteiger partial charge in [-0.1, -0.05) is 11.6 Å². The molecule has 0 atom stereocenters. The van der Waals surface area contributed by atoms with Gasteiger partial charge in [0.15, 0.2) is 11.2 Å². The summed E-state index contributed by atoms with van der Waals surface area (Å²) in [6.07, 6.45) is 1.44. The van der Waals surface area contributed by atoms with Gasteiger partial charge in [0.25, 0.3) is 0 Å². The number of benzene rings is 1. The van der Waals surface area contributed by atoms with Crippen LogP contribution in [0.5, 0.6) is 5.88 Å². The Labute approximate surface area is 144 Å². The van der Waals surface area contributed by atoms with Crippen LogP contribution in [0.1, 0.15) is 5.82 Å². The highest BCUT2D eigenvalue weighted by Gasteiger charge is 2.18. The Kier molecular flexibility index (Phi) is 4.19. The molecule has 0 bridgehead atoms. The van der Waals surface area contributed by atoms with E-state index in [9.17, 15) is 0 Å². The molecule has 0 saturated heterocycles. The van der Waals surface area contributed by atoms with Crippen LogP contribution < -0.4 is 4.74 Å². The third-order valence-electron chi connectivity index (χ3n) is 2.94. The average molecular weight is 435 g/mol. The smallest absolute Gasteiger partial charge is 0.245 e. The summed E-state index contributed by atoms with van der Waals surface area (Å²) in [5, 5.41) is 0.673. The molecule has 3 rings (SSSR count). The third-order valence-corrected chi connectivity index (χ3v) is 4.28. The number of fused-ring (bicyclic) bond motifs is 1. The van der Waals surface area contributed by atoms with Crippen molar-refractivity contribution in [2.75, 3.05) is 7.11 Å². The highest BCUT2D eigenvalue weighted by Crippen LogP contribution is 2.29. The molecule has 0 N–H and O–H groups in total. The van der Waals surface area contributed by atoms with E-state index in [0.29, 0.717) is 27.9 Å². The van der Waals surface area contributed by atoms with Gasteiger partial charge in [-0.25, -0.2) is 9.97 Å². The number of ether oxygens (including phenoxy) is 1. The maximum absolute atomic E-state index is 6.03. The van der Waals surface area contributed by atoms with Crippen LogP contribution in [0, 0.1) is 3.57 Å². The Morgan fingerprint density at radius 2 is 2.14 bits per heavy atom. The summed E-state index contributed by atoms with van der Waals surface area (Å²) in [6.45, 7) is 0. The molecular formula is C13H9Cl2IN4O. The highest BCUT2D eigenvalue weighted by molar-refractivity contribution is 14.1. The molecule has 2 aromatic heterocycles. The van der Waals surface area contributed by atoms with Crippen LogP contribution in [0.4, 0.5) is 0 Å². The van der Waals surface area contributed by atoms with Crippen LogP contribution in [0.3, 0.4) is 0 Å². The lowest BCUT2D eigenvalue weighted by molar-refractivity contribution is 0.401. The van der Waals surface area contributed by atoms with E-state index in [-0.39, 0.29) is 5.88 Å². The monoisotopic (exact) mass is 434 g/mol. The van der Waals surface area contributed by atoms with Crippen molar-refractivity contribution in [3.63, 3.8) is 0 Å². The first-order chi connectivity index (χ1) is 10.2. The molecule has 0 aliphatic carbocycles. The number of halogens is 3. The van der Waals surface area contributed by atoms with Gasteiger partial charge in [-0.3, -0.25) is 4.57 Å². The molecule has 0 fully saturated rings. The van der Waals surface area contributed by atoms with Crippen molar-refractivity contribution in [3.8, 4) is 11.6 Å². The number of nitrogens with zero attached hydrogens (tertiary/aromatic N) is 4. The molecule has 0 aliphatic rings. The zero-order valence-electron chi connectivity index (χ0n) is 10.8. The predicted molar refractivity (Wildman–Crippen MR) is 90.5 cm³/mol. The van der Waals surface area contributed by atoms with Crippen molar-refractivity contribution in [3.05, 3.63) is 38.9 Å². The second kappa shape index (κ2) is 5.94. The van der Waals surface area contributed by atoms with Crippen LogP contribution >= 0.6 is 45.8 Å². The van der Waals surface area contributed by atoms with E-state index in [0.717, 1.165) is 9.26 Å². The topological polar surface area (TPSA) is 52.8 Å². The second-order valence-electron chi connectivity index (χ2n) is 4.15. The molecule has 0 spiro atoms. The highest BCUT2D eigenvalue weighted by atomic mass is 127. The van der Waals surface area contributed by atoms with E-state index < -0.39 is 0 Å². The predicted octanol–water partition coefficient (Wildman–Crippen LogP) is 3.82. The first kappa shape index (κ1) is 14.8. The molecule has 0 saturated carbocycles. The Morgan fingerprint density at radius 3 is 2.81 bits per heavy atom. The van der Waals surface area contributed by atoms with Crippen LogP contribution in [0.2, 0.25) is 5.02 Å². The quantitative estimate of drug-likeness (QED) is 0.464. The number of hydrogen-bond donors (Lipinski definition) is 0. The van der Waals surface area contributed by atoms with E-state index in [1.807, 2.05) is 22.8 Å². The number of alkyl halides is 1. The fraction of sp³-hybridized carbons (Fsp3) is 0.154. The van der Waals surface area contributed by atoms with Crippen molar-refractivity contribution in [2.24, 2.45) is 0 Å². The maximum Gasteiger partial charge on any atom is 0.245 e. The first-order valence-electron chi connectivity index (χ1n) is 5.93. The summed E-state index contributed by atoms with van der Waals surface area (Å²) in [6, 6.07) is 5.61. The molecular weight excluding hydrogens is 426 g/mol. The van der Waals surface area contributed by atoms with E-state index >= 15 is 0 Å². The summed E-state index contributed by atoms with van der Waals surface area (Å²) in [5.74, 6) is 1.35. The molecule has 3 aromatic rings. The number of methoxy groups -OCH3 is 1. The molecule has 1 aromatic carbocycles. The van der Waals surface area contributed by atoms with Gasteiger partial charge in [-0.15, -0.1) is 11.6 Å². The summed E-state index contributed by atoms with van der Waals surface area (Å²) in [7, 11) is 1.55. The lowest BCUT2D eigenvalue weighted by Gasteiger charge is -2.09. The lowest BCUT2D eigenvalue weighted by atomic mass is 10.3. The molecule has 21 heavy (non-hydrogen) atoms. The summed E-state index contributed by atoms with van der Waals surface area (Å²) in [4.78, 5) is 12.9. The van der Waals surface area contributed by atoms with Crippen molar-refractivity contribution < 1.29 is 4.74 Å². The van der Waals surface area contributed by atoms with Crippen molar-refractivity contribution >= 4 is 57.0 Å². The van der Waals surface area contributed by atoms with Gasteiger partial charge in [0.2, 0.25) is 5.88 Å². The Bertz CT molecular complexity index is 821. The minimum absolute atomic E-state index is 0.248. The van der Waals surface area contributed by atoms with Crippen LogP contribution in [-0.2, 0) is 5.88 Å². The number of aromatic nitrogens is 4. The van der Waals surface area contributed by atoms with E-state index in [4.69, 9.17) is 27.9 Å². The van der Waals surface area contributed by atoms with E-state index in [1.54, 1.807) is 7.11 Å². The summed E-state index contributed by atoms with van der Waals surface area (Å²) < 4.78 is 8.10. The summed E-state index contributed by atoms with van der Waals surface area (Å²) >= 11 is 14.3. The van der Waals surface area contributed by atoms with Crippen LogP contribution in [0.25, 0.3) is 16.9 Å². The van der Waals surface area contributed by atoms with E-state index in [2.05, 4.69) is 37.5 Å². The zero-order valence-corrected chi connectivity index (χ0v) is 14.5. The molecule has 2 heterocycles. The Balaban J connectivity index is 2.35. The fourth-order valence-corrected chi connectivity index (χ4v) is 3.36. The molecule has 0 aliphatic heterocycles. The largest absolute Gasteiger partial charge is 0.479 e. The number of hydrogen-bond acceptors (Lipinski definition) is 4.